The third-order valence-electron chi connectivity index (χ3n) is 4.66. The first-order chi connectivity index (χ1) is 12.7. The molecule has 6 nitrogen and oxygen atoms in total. The lowest BCUT2D eigenvalue weighted by molar-refractivity contribution is -0.889. The Hall–Kier alpha value is -2.41. The Kier molecular flexibility index (Phi) is 4.88. The topological polar surface area (TPSA) is 62.7 Å². The fraction of sp³-hybridized carbons (Fsp3) is 0.263. The number of hydrogen-bond acceptors (Lipinski definition) is 2. The Morgan fingerprint density at radius 2 is 1.96 bits per heavy atom. The summed E-state index contributed by atoms with van der Waals surface area (Å²) in [5.74, 6) is 0.833. The van der Waals surface area contributed by atoms with Crippen LogP contribution < -0.4 is 14.6 Å². The average molecular weight is 373 g/mol. The Bertz CT molecular complexity index is 934. The van der Waals surface area contributed by atoms with Crippen LogP contribution in [0.25, 0.3) is 5.52 Å². The fourth-order valence-electron chi connectivity index (χ4n) is 3.28. The van der Waals surface area contributed by atoms with Crippen molar-refractivity contribution < 1.29 is 18.8 Å². The van der Waals surface area contributed by atoms with E-state index in [2.05, 4.69) is 10.3 Å². The van der Waals surface area contributed by atoms with Gasteiger partial charge < -0.3 is 10.1 Å². The van der Waals surface area contributed by atoms with Crippen LogP contribution in [0.3, 0.4) is 0 Å². The Morgan fingerprint density at radius 3 is 2.77 bits per heavy atom. The van der Waals surface area contributed by atoms with Crippen LogP contribution in [0.1, 0.15) is 16.1 Å². The van der Waals surface area contributed by atoms with Crippen molar-refractivity contribution in [1.82, 2.24) is 10.3 Å². The summed E-state index contributed by atoms with van der Waals surface area (Å²) in [7, 11) is 0. The third kappa shape index (κ3) is 3.31. The van der Waals surface area contributed by atoms with Crippen LogP contribution in [0, 0.1) is 0 Å². The van der Waals surface area contributed by atoms with Gasteiger partial charge in [-0.25, -0.2) is 4.90 Å². The molecule has 0 unspecified atom stereocenters. The molecule has 0 atom stereocenters. The van der Waals surface area contributed by atoms with Gasteiger partial charge in [0.15, 0.2) is 5.52 Å². The largest absolute Gasteiger partial charge is 0.457 e. The lowest BCUT2D eigenvalue weighted by Gasteiger charge is -2.18. The first-order valence-electron chi connectivity index (χ1n) is 8.71. The number of pyridine rings is 1. The fourth-order valence-corrected chi connectivity index (χ4v) is 3.48. The number of nitrogens with one attached hydrogen (secondary N) is 3. The van der Waals surface area contributed by atoms with Crippen molar-refractivity contribution in [2.24, 2.45) is 0 Å². The number of halogens is 1. The number of hydrogen-bond donors (Lipinski definition) is 3. The van der Waals surface area contributed by atoms with Gasteiger partial charge in [-0.3, -0.25) is 4.79 Å². The molecule has 0 bridgehead atoms. The first-order valence-corrected chi connectivity index (χ1v) is 9.08. The van der Waals surface area contributed by atoms with Crippen LogP contribution in [0.2, 0.25) is 5.02 Å². The molecule has 4 rings (SSSR count). The molecule has 1 aromatic carbocycles. The van der Waals surface area contributed by atoms with Crippen LogP contribution in [0.5, 0.6) is 0 Å². The number of carbonyl (C=O) groups excluding carboxylic acids is 1. The molecule has 3 N–H and O–H groups in total. The molecule has 0 aliphatic carbocycles. The molecule has 3 aromatic rings. The number of ether oxygens (including phenoxy) is 1. The van der Waals surface area contributed by atoms with Gasteiger partial charge in [-0.2, -0.15) is 4.98 Å². The summed E-state index contributed by atoms with van der Waals surface area (Å²) in [6.45, 7) is 3.57. The standard InChI is InChI=1S/C19H19ClN4O2/c20-15-6-2-1-5-14(15)13-21-18(25)17-16-7-3-4-8-24(16)19(22-17)23-9-11-26-12-10-23/h1-8H,9-13H2,(H,21,25)/p+2. The Labute approximate surface area is 156 Å². The van der Waals surface area contributed by atoms with Crippen molar-refractivity contribution in [2.75, 3.05) is 26.3 Å². The average Bonchev–Trinajstić information content (AvgIpc) is 3.08. The van der Waals surface area contributed by atoms with E-state index in [0.29, 0.717) is 17.3 Å². The van der Waals surface area contributed by atoms with Gasteiger partial charge in [0.1, 0.15) is 19.3 Å². The van der Waals surface area contributed by atoms with E-state index < -0.39 is 0 Å². The molecule has 1 saturated heterocycles. The second kappa shape index (κ2) is 7.45. The maximum Gasteiger partial charge on any atom is 0.457 e. The molecule has 7 heteroatoms. The van der Waals surface area contributed by atoms with E-state index in [1.807, 2.05) is 53.1 Å². The van der Waals surface area contributed by atoms with E-state index in [1.165, 1.54) is 4.90 Å². The smallest absolute Gasteiger partial charge is 0.370 e. The number of morpholine rings is 1. The minimum absolute atomic E-state index is 0.146. The number of quaternary nitrogens is 1. The van der Waals surface area contributed by atoms with Gasteiger partial charge in [0.05, 0.1) is 13.2 Å². The molecular formula is C19H21ClN4O2+2. The zero-order valence-electron chi connectivity index (χ0n) is 14.3. The highest BCUT2D eigenvalue weighted by molar-refractivity contribution is 6.31. The van der Waals surface area contributed by atoms with E-state index in [9.17, 15) is 4.79 Å². The van der Waals surface area contributed by atoms with Crippen molar-refractivity contribution in [3.05, 3.63) is 64.9 Å². The van der Waals surface area contributed by atoms with Crippen LogP contribution in [-0.4, -0.2) is 37.2 Å². The summed E-state index contributed by atoms with van der Waals surface area (Å²) in [4.78, 5) is 17.4. The van der Waals surface area contributed by atoms with Crippen molar-refractivity contribution in [1.29, 1.82) is 0 Å². The lowest BCUT2D eigenvalue weighted by Crippen LogP contribution is -3.11. The minimum atomic E-state index is -0.146. The van der Waals surface area contributed by atoms with Gasteiger partial charge >= 0.3 is 5.95 Å². The number of rotatable bonds is 4. The normalized spacial score (nSPS) is 15.3. The number of carbonyl (C=O) groups is 1. The summed E-state index contributed by atoms with van der Waals surface area (Å²) >= 11 is 6.18. The maximum absolute atomic E-state index is 12.8. The molecule has 134 valence electrons. The molecular weight excluding hydrogens is 352 g/mol. The predicted molar refractivity (Wildman–Crippen MR) is 97.8 cm³/mol. The van der Waals surface area contributed by atoms with Crippen molar-refractivity contribution in [3.8, 4) is 0 Å². The Morgan fingerprint density at radius 1 is 1.19 bits per heavy atom. The predicted octanol–water partition coefficient (Wildman–Crippen LogP) is 0.883. The van der Waals surface area contributed by atoms with Gasteiger partial charge in [0, 0.05) is 11.6 Å². The van der Waals surface area contributed by atoms with Gasteiger partial charge in [0.2, 0.25) is 5.69 Å². The first kappa shape index (κ1) is 17.0. The summed E-state index contributed by atoms with van der Waals surface area (Å²) in [6, 6.07) is 13.4. The van der Waals surface area contributed by atoms with Gasteiger partial charge in [-0.1, -0.05) is 35.9 Å². The van der Waals surface area contributed by atoms with Crippen LogP contribution in [0.4, 0.5) is 5.95 Å². The number of fused-ring (bicyclic) bond motifs is 1. The summed E-state index contributed by atoms with van der Waals surface area (Å²) in [6.07, 6.45) is 1.98. The number of H-pyrrole nitrogens is 1. The van der Waals surface area contributed by atoms with Gasteiger partial charge in [-0.15, -0.1) is 4.40 Å². The van der Waals surface area contributed by atoms with E-state index in [-0.39, 0.29) is 5.91 Å². The third-order valence-corrected chi connectivity index (χ3v) is 5.02. The Balaban J connectivity index is 1.61. The van der Waals surface area contributed by atoms with E-state index >= 15 is 0 Å². The van der Waals surface area contributed by atoms with Crippen molar-refractivity contribution in [3.63, 3.8) is 0 Å². The molecule has 0 radical (unpaired) electrons. The molecule has 3 heterocycles. The SMILES string of the molecule is O=C(NCc1ccccc1Cl)c1[nH]c([NH+]2CCOCC2)[n+]2ccccc12. The minimum Gasteiger partial charge on any atom is -0.370 e. The second-order valence-corrected chi connectivity index (χ2v) is 6.70. The van der Waals surface area contributed by atoms with Crippen molar-refractivity contribution in [2.45, 2.75) is 6.54 Å². The monoisotopic (exact) mass is 372 g/mol. The molecule has 26 heavy (non-hydrogen) atoms. The number of aromatic nitrogens is 2. The maximum atomic E-state index is 12.8. The lowest BCUT2D eigenvalue weighted by atomic mass is 10.2. The highest BCUT2D eigenvalue weighted by Gasteiger charge is 2.32. The summed E-state index contributed by atoms with van der Waals surface area (Å²) in [5, 5.41) is 3.61. The molecule has 1 aliphatic heterocycles. The summed E-state index contributed by atoms with van der Waals surface area (Å²) < 4.78 is 7.50. The molecule has 2 aromatic heterocycles. The molecule has 1 aliphatic rings. The highest BCUT2D eigenvalue weighted by Crippen LogP contribution is 2.15. The van der Waals surface area contributed by atoms with E-state index in [4.69, 9.17) is 16.3 Å². The molecule has 1 fully saturated rings. The van der Waals surface area contributed by atoms with E-state index in [0.717, 1.165) is 43.3 Å². The van der Waals surface area contributed by atoms with Crippen molar-refractivity contribution >= 4 is 29.0 Å². The van der Waals surface area contributed by atoms with Gasteiger partial charge in [0.25, 0.3) is 5.91 Å². The number of aromatic amines is 1. The van der Waals surface area contributed by atoms with Crippen LogP contribution in [0.15, 0.2) is 48.7 Å². The zero-order valence-corrected chi connectivity index (χ0v) is 15.1. The number of nitrogens with zero attached hydrogens (tertiary/aromatic N) is 1. The molecule has 0 spiro atoms. The molecule has 0 saturated carbocycles. The number of imidazole rings is 1. The number of benzene rings is 1. The summed E-state index contributed by atoms with van der Waals surface area (Å²) in [5.41, 5.74) is 2.31. The van der Waals surface area contributed by atoms with Crippen LogP contribution >= 0.6 is 11.6 Å². The second-order valence-electron chi connectivity index (χ2n) is 6.29. The molecule has 1 amide bonds. The zero-order chi connectivity index (χ0) is 17.9. The quantitative estimate of drug-likeness (QED) is 0.595. The van der Waals surface area contributed by atoms with E-state index in [1.54, 1.807) is 0 Å². The van der Waals surface area contributed by atoms with Crippen LogP contribution in [-0.2, 0) is 11.3 Å². The van der Waals surface area contributed by atoms with Gasteiger partial charge in [-0.05, 0) is 23.8 Å². The highest BCUT2D eigenvalue weighted by atomic mass is 35.5. The number of amides is 1.